The first kappa shape index (κ1) is 28.0. The van der Waals surface area contributed by atoms with Gasteiger partial charge in [0.05, 0.1) is 24.5 Å². The molecule has 0 unspecified atom stereocenters. The number of benzene rings is 2. The van der Waals surface area contributed by atoms with Crippen LogP contribution in [-0.2, 0) is 0 Å². The van der Waals surface area contributed by atoms with Crippen LogP contribution in [0.25, 0.3) is 10.9 Å². The van der Waals surface area contributed by atoms with Crippen LogP contribution < -0.4 is 14.4 Å². The number of halogens is 3. The monoisotopic (exact) mass is 531 g/mol. The first-order valence-electron chi connectivity index (χ1n) is 12.9. The fourth-order valence-corrected chi connectivity index (χ4v) is 5.21. The van der Waals surface area contributed by atoms with Crippen LogP contribution in [0.5, 0.6) is 11.5 Å². The van der Waals surface area contributed by atoms with Gasteiger partial charge in [0.2, 0.25) is 0 Å². The third-order valence-electron chi connectivity index (χ3n) is 7.58. The predicted octanol–water partition coefficient (Wildman–Crippen LogP) is 5.53. The van der Waals surface area contributed by atoms with Crippen LogP contribution in [0.1, 0.15) is 37.4 Å². The van der Waals surface area contributed by atoms with Gasteiger partial charge in [-0.2, -0.15) is 0 Å². The molecule has 0 amide bonds. The Morgan fingerprint density at radius 3 is 2.42 bits per heavy atom. The largest absolute Gasteiger partial charge is 0.497 e. The molecule has 1 atom stereocenters. The fraction of sp³-hybridized carbons (Fsp3) is 0.483. The molecule has 0 spiro atoms. The molecule has 0 radical (unpaired) electrons. The Bertz CT molecular complexity index is 1210. The number of aliphatic hydroxyl groups is 1. The molecule has 6 nitrogen and oxygen atoms in total. The van der Waals surface area contributed by atoms with Crippen molar-refractivity contribution in [3.8, 4) is 11.5 Å². The molecule has 206 valence electrons. The Morgan fingerprint density at radius 1 is 1.08 bits per heavy atom. The van der Waals surface area contributed by atoms with E-state index in [-0.39, 0.29) is 24.2 Å². The van der Waals surface area contributed by atoms with Gasteiger partial charge in [0.15, 0.2) is 0 Å². The molecule has 4 rings (SSSR count). The molecule has 1 aliphatic heterocycles. The number of pyridine rings is 1. The van der Waals surface area contributed by atoms with Gasteiger partial charge in [-0.15, -0.1) is 0 Å². The minimum atomic E-state index is -1.23. The topological polar surface area (TPSA) is 58.1 Å². The molecular formula is C29H36F3N3O3. The van der Waals surface area contributed by atoms with E-state index in [1.165, 1.54) is 0 Å². The number of aliphatic hydroxyl groups excluding tert-OH is 1. The lowest BCUT2D eigenvalue weighted by atomic mass is 9.74. The van der Waals surface area contributed by atoms with Crippen LogP contribution in [-0.4, -0.2) is 69.0 Å². The molecule has 3 aromatic rings. The van der Waals surface area contributed by atoms with Crippen molar-refractivity contribution in [1.82, 2.24) is 9.88 Å². The van der Waals surface area contributed by atoms with Crippen molar-refractivity contribution in [3.05, 3.63) is 59.8 Å². The minimum absolute atomic E-state index is 0.00190. The van der Waals surface area contributed by atoms with Crippen molar-refractivity contribution in [2.75, 3.05) is 59.0 Å². The Kier molecular flexibility index (Phi) is 8.99. The van der Waals surface area contributed by atoms with Crippen molar-refractivity contribution >= 4 is 16.6 Å². The lowest BCUT2D eigenvalue weighted by Crippen LogP contribution is -2.43. The molecule has 38 heavy (non-hydrogen) atoms. The predicted molar refractivity (Wildman–Crippen MR) is 143 cm³/mol. The molecule has 2 heterocycles. The summed E-state index contributed by atoms with van der Waals surface area (Å²) >= 11 is 0. The van der Waals surface area contributed by atoms with Crippen molar-refractivity contribution < 1.29 is 27.8 Å². The Balaban J connectivity index is 1.37. The highest BCUT2D eigenvalue weighted by Gasteiger charge is 2.35. The summed E-state index contributed by atoms with van der Waals surface area (Å²) in [6.45, 7) is 2.36. The zero-order valence-corrected chi connectivity index (χ0v) is 22.2. The van der Waals surface area contributed by atoms with E-state index in [4.69, 9.17) is 9.47 Å². The van der Waals surface area contributed by atoms with E-state index in [1.54, 1.807) is 13.3 Å². The van der Waals surface area contributed by atoms with Crippen molar-refractivity contribution in [2.45, 2.75) is 31.9 Å². The third-order valence-corrected chi connectivity index (χ3v) is 7.58. The zero-order chi connectivity index (χ0) is 27.3. The molecular weight excluding hydrogens is 495 g/mol. The normalized spacial score (nSPS) is 16.4. The van der Waals surface area contributed by atoms with Crippen LogP contribution in [0.15, 0.2) is 42.6 Å². The average molecular weight is 532 g/mol. The summed E-state index contributed by atoms with van der Waals surface area (Å²) < 4.78 is 53.6. The van der Waals surface area contributed by atoms with Crippen molar-refractivity contribution in [2.24, 2.45) is 5.41 Å². The summed E-state index contributed by atoms with van der Waals surface area (Å²) in [5.41, 5.74) is 1.67. The number of likely N-dealkylation sites (tertiary alicyclic amines) is 1. The number of hydrogen-bond donors (Lipinski definition) is 1. The van der Waals surface area contributed by atoms with E-state index < -0.39 is 17.8 Å². The first-order chi connectivity index (χ1) is 18.2. The van der Waals surface area contributed by atoms with E-state index >= 15 is 4.39 Å². The van der Waals surface area contributed by atoms with Crippen LogP contribution in [0.2, 0.25) is 0 Å². The van der Waals surface area contributed by atoms with Gasteiger partial charge in [-0.3, -0.25) is 9.88 Å². The van der Waals surface area contributed by atoms with Gasteiger partial charge in [-0.25, -0.2) is 13.2 Å². The van der Waals surface area contributed by atoms with Gasteiger partial charge in [0.25, 0.3) is 0 Å². The quantitative estimate of drug-likeness (QED) is 0.351. The number of ether oxygens (including phenoxy) is 2. The Hall–Kier alpha value is -3.04. The second kappa shape index (κ2) is 12.2. The highest BCUT2D eigenvalue weighted by atomic mass is 19.1. The summed E-state index contributed by atoms with van der Waals surface area (Å²) in [6, 6.07) is 8.61. The zero-order valence-electron chi connectivity index (χ0n) is 22.2. The van der Waals surface area contributed by atoms with Crippen LogP contribution in [0, 0.1) is 17.0 Å². The van der Waals surface area contributed by atoms with E-state index in [1.807, 2.05) is 37.2 Å². The fourth-order valence-electron chi connectivity index (χ4n) is 5.21. The molecule has 0 aliphatic carbocycles. The molecule has 1 aliphatic rings. The van der Waals surface area contributed by atoms with E-state index in [0.717, 1.165) is 55.2 Å². The molecule has 1 N–H and O–H groups in total. The van der Waals surface area contributed by atoms with Crippen LogP contribution >= 0.6 is 0 Å². The van der Waals surface area contributed by atoms with E-state index in [2.05, 4.69) is 9.88 Å². The standard InChI is InChI=1S/C29H36F3N3O3/c1-34(2)27-18-33-26-5-4-22(37-3)17-24(26)28(27)25(32)6-7-29(19-36)8-10-35(11-9-29)12-13-38-23-15-20(30)14-21(31)16-23/h4-5,14-18,25,36H,6-13,19H2,1-3H3/t25-/m1/s1. The molecule has 1 aromatic heterocycles. The average Bonchev–Trinajstić information content (AvgIpc) is 2.91. The second-order valence-electron chi connectivity index (χ2n) is 10.3. The summed E-state index contributed by atoms with van der Waals surface area (Å²) in [5, 5.41) is 11.0. The maximum atomic E-state index is 16.0. The smallest absolute Gasteiger partial charge is 0.129 e. The maximum absolute atomic E-state index is 16.0. The van der Waals surface area contributed by atoms with E-state index in [9.17, 15) is 13.9 Å². The number of hydrogen-bond acceptors (Lipinski definition) is 6. The number of alkyl halides is 1. The molecule has 9 heteroatoms. The summed E-state index contributed by atoms with van der Waals surface area (Å²) in [4.78, 5) is 8.57. The SMILES string of the molecule is COc1ccc2ncc(N(C)C)c([C@H](F)CCC3(CO)CCN(CCOc4cc(F)cc(F)c4)CC3)c2c1. The van der Waals surface area contributed by atoms with Gasteiger partial charge in [-0.05, 0) is 62.4 Å². The van der Waals surface area contributed by atoms with Crippen molar-refractivity contribution in [1.29, 1.82) is 0 Å². The summed E-state index contributed by atoms with van der Waals surface area (Å²) in [5.74, 6) is -0.534. The third kappa shape index (κ3) is 6.50. The molecule has 0 saturated carbocycles. The van der Waals surface area contributed by atoms with E-state index in [0.29, 0.717) is 36.4 Å². The lowest BCUT2D eigenvalue weighted by Gasteiger charge is -2.41. The number of nitrogens with zero attached hydrogens (tertiary/aromatic N) is 3. The maximum Gasteiger partial charge on any atom is 0.129 e. The summed E-state index contributed by atoms with van der Waals surface area (Å²) in [6.07, 6.45) is 2.78. The van der Waals surface area contributed by atoms with Crippen LogP contribution in [0.3, 0.4) is 0 Å². The van der Waals surface area contributed by atoms with Gasteiger partial charge in [-0.1, -0.05) is 0 Å². The van der Waals surface area contributed by atoms with Gasteiger partial charge in [0, 0.05) is 56.4 Å². The number of fused-ring (bicyclic) bond motifs is 1. The van der Waals surface area contributed by atoms with Crippen molar-refractivity contribution in [3.63, 3.8) is 0 Å². The van der Waals surface area contributed by atoms with Gasteiger partial charge < -0.3 is 19.5 Å². The Labute approximate surface area is 222 Å². The molecule has 1 saturated heterocycles. The first-order valence-corrected chi connectivity index (χ1v) is 12.9. The minimum Gasteiger partial charge on any atom is -0.497 e. The highest BCUT2D eigenvalue weighted by molar-refractivity contribution is 5.88. The summed E-state index contributed by atoms with van der Waals surface area (Å²) in [7, 11) is 5.33. The second-order valence-corrected chi connectivity index (χ2v) is 10.3. The number of piperidine rings is 1. The number of aromatic nitrogens is 1. The number of methoxy groups -OCH3 is 1. The molecule has 2 aromatic carbocycles. The van der Waals surface area contributed by atoms with Crippen LogP contribution in [0.4, 0.5) is 18.9 Å². The molecule has 1 fully saturated rings. The number of anilines is 1. The lowest BCUT2D eigenvalue weighted by molar-refractivity contribution is 0.0266. The van der Waals surface area contributed by atoms with Gasteiger partial charge >= 0.3 is 0 Å². The number of rotatable bonds is 11. The molecule has 0 bridgehead atoms. The van der Waals surface area contributed by atoms with Gasteiger partial charge in [0.1, 0.15) is 35.9 Å². The Morgan fingerprint density at radius 2 is 1.79 bits per heavy atom. The highest BCUT2D eigenvalue weighted by Crippen LogP contribution is 2.42.